The molecule has 0 amide bonds. The second-order valence-corrected chi connectivity index (χ2v) is 3.76. The van der Waals surface area contributed by atoms with Crippen molar-refractivity contribution in [2.75, 3.05) is 0 Å². The normalized spacial score (nSPS) is 10.6. The van der Waals surface area contributed by atoms with Gasteiger partial charge in [0.2, 0.25) is 0 Å². The standard InChI is InChI=1S/C13H17FO2/c1-4-11(5-2)16-13-7-6-10(9(3)15)8-12(13)14/h6-8,11H,4-5H2,1-3H3. The molecule has 16 heavy (non-hydrogen) atoms. The third-order valence-corrected chi connectivity index (χ3v) is 2.54. The summed E-state index contributed by atoms with van der Waals surface area (Å²) < 4.78 is 19.1. The van der Waals surface area contributed by atoms with Crippen LogP contribution in [0.3, 0.4) is 0 Å². The molecule has 0 aliphatic rings. The van der Waals surface area contributed by atoms with Crippen LogP contribution in [0, 0.1) is 5.82 Å². The van der Waals surface area contributed by atoms with E-state index in [0.717, 1.165) is 12.8 Å². The highest BCUT2D eigenvalue weighted by atomic mass is 19.1. The molecule has 0 atom stereocenters. The minimum atomic E-state index is -0.473. The second-order valence-electron chi connectivity index (χ2n) is 3.76. The van der Waals surface area contributed by atoms with E-state index in [2.05, 4.69) is 0 Å². The number of hydrogen-bond donors (Lipinski definition) is 0. The first kappa shape index (κ1) is 12.7. The highest BCUT2D eigenvalue weighted by molar-refractivity contribution is 5.94. The van der Waals surface area contributed by atoms with E-state index in [1.165, 1.54) is 19.1 Å². The topological polar surface area (TPSA) is 26.3 Å². The Morgan fingerprint density at radius 2 is 2.00 bits per heavy atom. The van der Waals surface area contributed by atoms with Crippen molar-refractivity contribution in [3.8, 4) is 5.75 Å². The number of Topliss-reactive ketones (excluding diaryl/α,β-unsaturated/α-hetero) is 1. The van der Waals surface area contributed by atoms with E-state index in [4.69, 9.17) is 4.74 Å². The number of benzene rings is 1. The van der Waals surface area contributed by atoms with Gasteiger partial charge in [0.05, 0.1) is 6.10 Å². The summed E-state index contributed by atoms with van der Waals surface area (Å²) >= 11 is 0. The van der Waals surface area contributed by atoms with Crippen LogP contribution in [0.2, 0.25) is 0 Å². The van der Waals surface area contributed by atoms with Crippen molar-refractivity contribution in [2.24, 2.45) is 0 Å². The summed E-state index contributed by atoms with van der Waals surface area (Å²) in [5.41, 5.74) is 0.370. The Bertz CT molecular complexity index is 370. The maximum Gasteiger partial charge on any atom is 0.165 e. The summed E-state index contributed by atoms with van der Waals surface area (Å²) in [6.45, 7) is 5.40. The molecule has 0 N–H and O–H groups in total. The van der Waals surface area contributed by atoms with Crippen molar-refractivity contribution in [3.05, 3.63) is 29.6 Å². The number of carbonyl (C=O) groups is 1. The van der Waals surface area contributed by atoms with E-state index in [-0.39, 0.29) is 17.6 Å². The van der Waals surface area contributed by atoms with Gasteiger partial charge in [-0.05, 0) is 38.0 Å². The Labute approximate surface area is 95.4 Å². The van der Waals surface area contributed by atoms with E-state index < -0.39 is 5.82 Å². The number of carbonyl (C=O) groups excluding carboxylic acids is 1. The van der Waals surface area contributed by atoms with Gasteiger partial charge in [-0.15, -0.1) is 0 Å². The lowest BCUT2D eigenvalue weighted by Crippen LogP contribution is -2.14. The molecule has 0 aliphatic carbocycles. The summed E-state index contributed by atoms with van der Waals surface area (Å²) in [4.78, 5) is 11.0. The maximum absolute atomic E-state index is 13.6. The van der Waals surface area contributed by atoms with E-state index in [9.17, 15) is 9.18 Å². The van der Waals surface area contributed by atoms with Crippen LogP contribution in [0.15, 0.2) is 18.2 Å². The summed E-state index contributed by atoms with van der Waals surface area (Å²) in [7, 11) is 0. The number of ketones is 1. The molecule has 0 spiro atoms. The largest absolute Gasteiger partial charge is 0.487 e. The zero-order valence-electron chi connectivity index (χ0n) is 9.92. The van der Waals surface area contributed by atoms with Gasteiger partial charge in [0, 0.05) is 5.56 Å². The van der Waals surface area contributed by atoms with Crippen molar-refractivity contribution < 1.29 is 13.9 Å². The Morgan fingerprint density at radius 3 is 2.44 bits per heavy atom. The van der Waals surface area contributed by atoms with Crippen LogP contribution in [0.25, 0.3) is 0 Å². The van der Waals surface area contributed by atoms with E-state index >= 15 is 0 Å². The van der Waals surface area contributed by atoms with Gasteiger partial charge in [0.25, 0.3) is 0 Å². The number of ether oxygens (including phenoxy) is 1. The van der Waals surface area contributed by atoms with Gasteiger partial charge in [-0.3, -0.25) is 4.79 Å². The SMILES string of the molecule is CCC(CC)Oc1ccc(C(C)=O)cc1F. The van der Waals surface area contributed by atoms with Crippen LogP contribution >= 0.6 is 0 Å². The lowest BCUT2D eigenvalue weighted by atomic mass is 10.1. The van der Waals surface area contributed by atoms with Gasteiger partial charge >= 0.3 is 0 Å². The first-order valence-electron chi connectivity index (χ1n) is 5.55. The van der Waals surface area contributed by atoms with Gasteiger partial charge in [-0.25, -0.2) is 4.39 Å². The summed E-state index contributed by atoms with van der Waals surface area (Å²) in [5, 5.41) is 0. The molecule has 0 saturated carbocycles. The predicted octanol–water partition coefficient (Wildman–Crippen LogP) is 3.60. The highest BCUT2D eigenvalue weighted by Crippen LogP contribution is 2.21. The lowest BCUT2D eigenvalue weighted by Gasteiger charge is -2.16. The molecule has 3 heteroatoms. The van der Waals surface area contributed by atoms with Gasteiger partial charge in [0.1, 0.15) is 0 Å². The molecule has 0 saturated heterocycles. The van der Waals surface area contributed by atoms with Crippen LogP contribution in [-0.4, -0.2) is 11.9 Å². The van der Waals surface area contributed by atoms with Crippen LogP contribution < -0.4 is 4.74 Å². The Morgan fingerprint density at radius 1 is 1.38 bits per heavy atom. The van der Waals surface area contributed by atoms with Gasteiger partial charge in [-0.2, -0.15) is 0 Å². The molecule has 2 nitrogen and oxygen atoms in total. The Kier molecular flexibility index (Phi) is 4.47. The van der Waals surface area contributed by atoms with E-state index in [1.54, 1.807) is 6.07 Å². The minimum Gasteiger partial charge on any atom is -0.487 e. The van der Waals surface area contributed by atoms with Gasteiger partial charge < -0.3 is 4.74 Å². The van der Waals surface area contributed by atoms with Crippen LogP contribution in [0.5, 0.6) is 5.75 Å². The number of rotatable bonds is 5. The predicted molar refractivity (Wildman–Crippen MR) is 61.4 cm³/mol. The van der Waals surface area contributed by atoms with E-state index in [0.29, 0.717) is 5.56 Å². The molecule has 0 unspecified atom stereocenters. The first-order valence-corrected chi connectivity index (χ1v) is 5.55. The molecule has 0 heterocycles. The van der Waals surface area contributed by atoms with Crippen molar-refractivity contribution in [3.63, 3.8) is 0 Å². The van der Waals surface area contributed by atoms with Crippen LogP contribution in [0.4, 0.5) is 4.39 Å². The fourth-order valence-electron chi connectivity index (χ4n) is 1.45. The van der Waals surface area contributed by atoms with Crippen molar-refractivity contribution in [1.29, 1.82) is 0 Å². The fourth-order valence-corrected chi connectivity index (χ4v) is 1.45. The fraction of sp³-hybridized carbons (Fsp3) is 0.462. The van der Waals surface area contributed by atoms with Crippen LogP contribution in [0.1, 0.15) is 44.0 Å². The molecule has 1 rings (SSSR count). The molecule has 0 aromatic heterocycles. The maximum atomic E-state index is 13.6. The zero-order valence-corrected chi connectivity index (χ0v) is 9.92. The second kappa shape index (κ2) is 5.64. The molecule has 0 fully saturated rings. The number of halogens is 1. The molecular weight excluding hydrogens is 207 g/mol. The van der Waals surface area contributed by atoms with Crippen molar-refractivity contribution in [1.82, 2.24) is 0 Å². The van der Waals surface area contributed by atoms with Crippen molar-refractivity contribution >= 4 is 5.78 Å². The molecule has 1 aromatic rings. The lowest BCUT2D eigenvalue weighted by molar-refractivity contribution is 0.101. The molecule has 0 aliphatic heterocycles. The smallest absolute Gasteiger partial charge is 0.165 e. The first-order chi connectivity index (χ1) is 7.58. The minimum absolute atomic E-state index is 0.0256. The molecule has 88 valence electrons. The summed E-state index contributed by atoms with van der Waals surface area (Å²) in [6, 6.07) is 4.33. The Balaban J connectivity index is 2.86. The molecular formula is C13H17FO2. The summed E-state index contributed by atoms with van der Waals surface area (Å²) in [5.74, 6) is -0.397. The molecule has 0 bridgehead atoms. The number of hydrogen-bond acceptors (Lipinski definition) is 2. The quantitative estimate of drug-likeness (QED) is 0.714. The summed E-state index contributed by atoms with van der Waals surface area (Å²) in [6.07, 6.45) is 1.70. The third-order valence-electron chi connectivity index (χ3n) is 2.54. The average molecular weight is 224 g/mol. The van der Waals surface area contributed by atoms with E-state index in [1.807, 2.05) is 13.8 Å². The molecule has 1 aromatic carbocycles. The van der Waals surface area contributed by atoms with Crippen LogP contribution in [-0.2, 0) is 0 Å². The zero-order chi connectivity index (χ0) is 12.1. The highest BCUT2D eigenvalue weighted by Gasteiger charge is 2.11. The van der Waals surface area contributed by atoms with Crippen molar-refractivity contribution in [2.45, 2.75) is 39.7 Å². The van der Waals surface area contributed by atoms with Gasteiger partial charge in [0.15, 0.2) is 17.3 Å². The Hall–Kier alpha value is -1.38. The average Bonchev–Trinajstić information content (AvgIpc) is 2.27. The molecule has 0 radical (unpaired) electrons. The third kappa shape index (κ3) is 3.05. The monoisotopic (exact) mass is 224 g/mol. The van der Waals surface area contributed by atoms with Gasteiger partial charge in [-0.1, -0.05) is 13.8 Å².